The third-order valence-corrected chi connectivity index (χ3v) is 8.23. The van der Waals surface area contributed by atoms with Gasteiger partial charge in [-0.25, -0.2) is 0 Å². The van der Waals surface area contributed by atoms with Crippen LogP contribution in [0, 0.1) is 11.3 Å². The van der Waals surface area contributed by atoms with E-state index in [2.05, 4.69) is 32.7 Å². The predicted molar refractivity (Wildman–Crippen MR) is 141 cm³/mol. The van der Waals surface area contributed by atoms with Crippen molar-refractivity contribution in [2.24, 2.45) is 16.3 Å². The number of benzene rings is 1. The summed E-state index contributed by atoms with van der Waals surface area (Å²) >= 11 is 0. The summed E-state index contributed by atoms with van der Waals surface area (Å²) in [5.41, 5.74) is 1.56. The fourth-order valence-corrected chi connectivity index (χ4v) is 6.73. The molecule has 4 fully saturated rings. The monoisotopic (exact) mass is 570 g/mol. The van der Waals surface area contributed by atoms with E-state index >= 15 is 0 Å². The summed E-state index contributed by atoms with van der Waals surface area (Å²) < 4.78 is 17.0. The maximum atomic E-state index is 6.15. The first kappa shape index (κ1) is 24.9. The lowest BCUT2D eigenvalue weighted by atomic mass is 9.54. The Hall–Kier alpha value is -1.26. The lowest BCUT2D eigenvalue weighted by Crippen LogP contribution is -2.69. The van der Waals surface area contributed by atoms with Crippen molar-refractivity contribution < 1.29 is 14.2 Å². The molecule has 4 atom stereocenters. The lowest BCUT2D eigenvalue weighted by Gasteiger charge is -2.57. The van der Waals surface area contributed by atoms with Crippen molar-refractivity contribution in [1.82, 2.24) is 15.5 Å². The van der Waals surface area contributed by atoms with Crippen LogP contribution in [0.3, 0.4) is 0 Å². The van der Waals surface area contributed by atoms with Crippen molar-refractivity contribution in [3.05, 3.63) is 23.8 Å². The molecule has 2 aliphatic heterocycles. The van der Waals surface area contributed by atoms with Gasteiger partial charge in [-0.05, 0) is 43.4 Å². The van der Waals surface area contributed by atoms with Crippen molar-refractivity contribution in [1.29, 1.82) is 0 Å². The van der Waals surface area contributed by atoms with Gasteiger partial charge in [0.25, 0.3) is 0 Å². The Morgan fingerprint density at radius 1 is 1.12 bits per heavy atom. The minimum atomic E-state index is 0. The van der Waals surface area contributed by atoms with Gasteiger partial charge in [0.15, 0.2) is 5.96 Å². The molecular formula is C25H39IN4O3. The summed E-state index contributed by atoms with van der Waals surface area (Å²) in [6.07, 6.45) is 8.04. The van der Waals surface area contributed by atoms with E-state index < -0.39 is 0 Å². The molecule has 7 nitrogen and oxygen atoms in total. The van der Waals surface area contributed by atoms with Crippen LogP contribution in [0.5, 0.6) is 11.5 Å². The Labute approximate surface area is 215 Å². The zero-order valence-electron chi connectivity index (χ0n) is 20.1. The molecule has 0 amide bonds. The molecule has 2 N–H and O–H groups in total. The van der Waals surface area contributed by atoms with Gasteiger partial charge in [-0.15, -0.1) is 24.0 Å². The minimum absolute atomic E-state index is 0. The third kappa shape index (κ3) is 4.80. The highest BCUT2D eigenvalue weighted by Crippen LogP contribution is 2.60. The van der Waals surface area contributed by atoms with Crippen molar-refractivity contribution in [2.75, 3.05) is 41.0 Å². The largest absolute Gasteiger partial charge is 0.497 e. The number of methoxy groups -OCH3 is 2. The molecule has 8 heteroatoms. The Bertz CT molecular complexity index is 823. The zero-order valence-corrected chi connectivity index (χ0v) is 22.5. The fraction of sp³-hybridized carbons (Fsp3) is 0.720. The molecule has 0 bridgehead atoms. The zero-order chi connectivity index (χ0) is 22.1. The molecule has 5 rings (SSSR count). The maximum absolute atomic E-state index is 6.15. The van der Waals surface area contributed by atoms with E-state index in [4.69, 9.17) is 14.2 Å². The summed E-state index contributed by atoms with van der Waals surface area (Å²) in [5, 5.41) is 7.56. The number of aliphatic imine (C=N–C) groups is 1. The van der Waals surface area contributed by atoms with E-state index in [1.165, 1.54) is 37.7 Å². The van der Waals surface area contributed by atoms with Gasteiger partial charge in [-0.1, -0.05) is 12.8 Å². The predicted octanol–water partition coefficient (Wildman–Crippen LogP) is 3.41. The smallest absolute Gasteiger partial charge is 0.191 e. The van der Waals surface area contributed by atoms with Crippen LogP contribution in [0.1, 0.15) is 44.1 Å². The number of ether oxygens (including phenoxy) is 3. The van der Waals surface area contributed by atoms with Gasteiger partial charge in [-0.3, -0.25) is 9.89 Å². The van der Waals surface area contributed by atoms with Gasteiger partial charge in [0.05, 0.1) is 20.3 Å². The number of likely N-dealkylation sites (tertiary alicyclic amines) is 1. The minimum Gasteiger partial charge on any atom is -0.497 e. The van der Waals surface area contributed by atoms with Crippen molar-refractivity contribution >= 4 is 29.9 Å². The molecular weight excluding hydrogens is 531 g/mol. The molecule has 184 valence electrons. The second-order valence-electron chi connectivity index (χ2n) is 9.96. The van der Waals surface area contributed by atoms with Crippen molar-refractivity contribution in [2.45, 2.75) is 63.3 Å². The topological polar surface area (TPSA) is 67.4 Å². The van der Waals surface area contributed by atoms with Crippen LogP contribution < -0.4 is 20.1 Å². The molecule has 2 aliphatic carbocycles. The quantitative estimate of drug-likeness (QED) is 0.311. The van der Waals surface area contributed by atoms with E-state index in [1.807, 2.05) is 13.1 Å². The van der Waals surface area contributed by atoms with Crippen molar-refractivity contribution in [3.8, 4) is 11.5 Å². The number of hydrogen-bond acceptors (Lipinski definition) is 5. The Morgan fingerprint density at radius 3 is 2.52 bits per heavy atom. The number of hydrogen-bond donors (Lipinski definition) is 2. The van der Waals surface area contributed by atoms with Crippen LogP contribution in [-0.4, -0.2) is 70.0 Å². The summed E-state index contributed by atoms with van der Waals surface area (Å²) in [6, 6.07) is 7.03. The highest BCUT2D eigenvalue weighted by molar-refractivity contribution is 14.0. The van der Waals surface area contributed by atoms with E-state index in [9.17, 15) is 0 Å². The van der Waals surface area contributed by atoms with Gasteiger partial charge in [-0.2, -0.15) is 0 Å². The average Bonchev–Trinajstić information content (AvgIpc) is 3.56. The average molecular weight is 571 g/mol. The molecule has 0 radical (unpaired) electrons. The van der Waals surface area contributed by atoms with Gasteiger partial charge in [0.1, 0.15) is 11.5 Å². The van der Waals surface area contributed by atoms with Crippen LogP contribution in [0.15, 0.2) is 23.2 Å². The van der Waals surface area contributed by atoms with Gasteiger partial charge >= 0.3 is 0 Å². The number of nitrogens with zero attached hydrogens (tertiary/aromatic N) is 2. The Morgan fingerprint density at radius 2 is 1.85 bits per heavy atom. The van der Waals surface area contributed by atoms with Crippen LogP contribution >= 0.6 is 24.0 Å². The fourth-order valence-electron chi connectivity index (χ4n) is 6.73. The molecule has 33 heavy (non-hydrogen) atoms. The molecule has 4 aliphatic rings. The Balaban J connectivity index is 0.00000259. The molecule has 2 saturated heterocycles. The molecule has 1 aromatic rings. The highest BCUT2D eigenvalue weighted by Gasteiger charge is 2.65. The summed E-state index contributed by atoms with van der Waals surface area (Å²) in [4.78, 5) is 7.09. The number of rotatable bonds is 6. The maximum Gasteiger partial charge on any atom is 0.191 e. The van der Waals surface area contributed by atoms with Crippen LogP contribution in [0.4, 0.5) is 0 Å². The summed E-state index contributed by atoms with van der Waals surface area (Å²) in [7, 11) is 5.29. The van der Waals surface area contributed by atoms with Crippen LogP contribution in [-0.2, 0) is 11.3 Å². The third-order valence-electron chi connectivity index (χ3n) is 8.23. The highest BCUT2D eigenvalue weighted by atomic mass is 127. The first-order valence-electron chi connectivity index (χ1n) is 12.2. The van der Waals surface area contributed by atoms with E-state index in [1.54, 1.807) is 14.2 Å². The molecule has 1 aromatic carbocycles. The van der Waals surface area contributed by atoms with Gasteiger partial charge in [0, 0.05) is 62.8 Å². The second-order valence-corrected chi connectivity index (χ2v) is 9.96. The lowest BCUT2D eigenvalue weighted by molar-refractivity contribution is -0.125. The van der Waals surface area contributed by atoms with E-state index in [0.29, 0.717) is 29.5 Å². The second kappa shape index (κ2) is 10.6. The summed E-state index contributed by atoms with van der Waals surface area (Å²) in [5.74, 6) is 3.29. The number of fused-ring (bicyclic) bond motifs is 2. The van der Waals surface area contributed by atoms with E-state index in [-0.39, 0.29) is 24.0 Å². The number of guanidine groups is 1. The first-order chi connectivity index (χ1) is 15.6. The van der Waals surface area contributed by atoms with Gasteiger partial charge in [0.2, 0.25) is 0 Å². The molecule has 1 spiro atoms. The molecule has 2 saturated carbocycles. The number of nitrogens with one attached hydrogen (secondary N) is 2. The van der Waals surface area contributed by atoms with Gasteiger partial charge < -0.3 is 24.8 Å². The number of halogens is 1. The molecule has 2 heterocycles. The van der Waals surface area contributed by atoms with Crippen LogP contribution in [0.2, 0.25) is 0 Å². The molecule has 0 aromatic heterocycles. The van der Waals surface area contributed by atoms with Crippen molar-refractivity contribution in [3.63, 3.8) is 0 Å². The first-order valence-corrected chi connectivity index (χ1v) is 12.2. The Kier molecular flexibility index (Phi) is 7.95. The van der Waals surface area contributed by atoms with Crippen LogP contribution in [0.25, 0.3) is 0 Å². The summed E-state index contributed by atoms with van der Waals surface area (Å²) in [6.45, 7) is 3.89. The molecule has 4 unspecified atom stereocenters. The van der Waals surface area contributed by atoms with E-state index in [0.717, 1.165) is 50.1 Å². The standard InChI is InChI=1S/C25H38N4O3.HI/c1-26-24(28-22-21-7-11-32-23(21)25(22)8-4-5-9-25)27-18-6-10-29(16-18)15-17-12-19(30-2)14-20(13-17)31-3;/h12-14,18,21-23H,4-11,15-16H2,1-3H3,(H2,26,27,28);1H. The SMILES string of the molecule is CN=C(NC1CCN(Cc2cc(OC)cc(OC)c2)C1)NC1C2CCOC2C12CCCC2.I. The normalized spacial score (nSPS) is 30.5.